The number of benzene rings is 2. The fourth-order valence-electron chi connectivity index (χ4n) is 6.48. The fourth-order valence-corrected chi connectivity index (χ4v) is 6.48. The van der Waals surface area contributed by atoms with E-state index in [1.54, 1.807) is 4.90 Å². The minimum Gasteiger partial charge on any atom is -0.444 e. The van der Waals surface area contributed by atoms with E-state index in [9.17, 15) is 9.59 Å². The number of nitrogens with zero attached hydrogens (tertiary/aromatic N) is 2. The molecule has 5 nitrogen and oxygen atoms in total. The number of Topliss-reactive ketones (excluding diaryl/α,β-unsaturated/α-hetero) is 1. The van der Waals surface area contributed by atoms with E-state index in [1.807, 2.05) is 48.5 Å². The highest BCUT2D eigenvalue weighted by Crippen LogP contribution is 2.60. The Morgan fingerprint density at radius 2 is 1.88 bits per heavy atom. The number of ketones is 1. The molecular formula is C27H26N2O3. The Morgan fingerprint density at radius 3 is 2.69 bits per heavy atom. The number of allylic oxidation sites excluding steroid dienone is 2. The molecule has 2 aromatic carbocycles. The number of carbonyl (C=O) groups excluding carboxylic acids is 2. The average molecular weight is 427 g/mol. The summed E-state index contributed by atoms with van der Waals surface area (Å²) in [5.41, 5.74) is 3.04. The van der Waals surface area contributed by atoms with Crippen LogP contribution < -0.4 is 4.90 Å². The van der Waals surface area contributed by atoms with Gasteiger partial charge in [-0.25, -0.2) is 4.79 Å². The second-order valence-electron chi connectivity index (χ2n) is 9.32. The van der Waals surface area contributed by atoms with E-state index in [0.29, 0.717) is 13.0 Å². The topological polar surface area (TPSA) is 59.0 Å². The predicted octanol–water partition coefficient (Wildman–Crippen LogP) is 4.99. The van der Waals surface area contributed by atoms with Crippen molar-refractivity contribution in [2.45, 2.75) is 50.2 Å². The van der Waals surface area contributed by atoms with Crippen molar-refractivity contribution in [2.75, 3.05) is 11.4 Å². The van der Waals surface area contributed by atoms with Gasteiger partial charge in [-0.1, -0.05) is 60.7 Å². The molecule has 6 rings (SSSR count). The molecular weight excluding hydrogens is 400 g/mol. The lowest BCUT2D eigenvalue weighted by molar-refractivity contribution is -0.127. The third-order valence-corrected chi connectivity index (χ3v) is 7.86. The molecule has 0 aromatic heterocycles. The molecule has 2 heterocycles. The maximum absolute atomic E-state index is 13.7. The highest BCUT2D eigenvalue weighted by Gasteiger charge is 2.67. The molecule has 1 saturated carbocycles. The molecule has 1 amide bonds. The van der Waals surface area contributed by atoms with Gasteiger partial charge in [-0.2, -0.15) is 0 Å². The van der Waals surface area contributed by atoms with Gasteiger partial charge in [0.05, 0.1) is 22.6 Å². The van der Waals surface area contributed by atoms with Crippen molar-refractivity contribution in [1.82, 2.24) is 0 Å². The van der Waals surface area contributed by atoms with Crippen LogP contribution in [0.2, 0.25) is 0 Å². The lowest BCUT2D eigenvalue weighted by atomic mass is 9.53. The molecule has 2 aliphatic heterocycles. The van der Waals surface area contributed by atoms with Gasteiger partial charge in [0.1, 0.15) is 12.4 Å². The van der Waals surface area contributed by atoms with Gasteiger partial charge in [0, 0.05) is 18.7 Å². The number of hydrogen-bond donors (Lipinski definition) is 0. The van der Waals surface area contributed by atoms with Gasteiger partial charge in [0.2, 0.25) is 0 Å². The average Bonchev–Trinajstić information content (AvgIpc) is 3.40. The van der Waals surface area contributed by atoms with E-state index in [1.165, 1.54) is 0 Å². The lowest BCUT2D eigenvalue weighted by Crippen LogP contribution is -2.62. The third kappa shape index (κ3) is 2.54. The first kappa shape index (κ1) is 19.5. The summed E-state index contributed by atoms with van der Waals surface area (Å²) in [6, 6.07) is 17.5. The number of para-hydroxylation sites is 1. The number of anilines is 1. The Balaban J connectivity index is 1.41. The molecule has 0 saturated heterocycles. The maximum Gasteiger partial charge on any atom is 0.414 e. The first-order chi connectivity index (χ1) is 15.7. The van der Waals surface area contributed by atoms with Crippen LogP contribution in [0.3, 0.4) is 0 Å². The van der Waals surface area contributed by atoms with Gasteiger partial charge in [0.15, 0.2) is 0 Å². The van der Waals surface area contributed by atoms with E-state index >= 15 is 0 Å². The van der Waals surface area contributed by atoms with Gasteiger partial charge < -0.3 is 4.74 Å². The van der Waals surface area contributed by atoms with Gasteiger partial charge in [-0.15, -0.1) is 0 Å². The quantitative estimate of drug-likeness (QED) is 0.636. The largest absolute Gasteiger partial charge is 0.444 e. The molecule has 0 unspecified atom stereocenters. The molecule has 4 aliphatic rings. The number of hydrogen-bond acceptors (Lipinski definition) is 4. The maximum atomic E-state index is 13.7. The highest BCUT2D eigenvalue weighted by atomic mass is 16.6. The second-order valence-corrected chi connectivity index (χ2v) is 9.32. The van der Waals surface area contributed by atoms with Crippen LogP contribution in [0.15, 0.2) is 71.7 Å². The molecule has 32 heavy (non-hydrogen) atoms. The van der Waals surface area contributed by atoms with E-state index in [2.05, 4.69) is 18.2 Å². The van der Waals surface area contributed by atoms with Gasteiger partial charge in [-0.05, 0) is 42.9 Å². The highest BCUT2D eigenvalue weighted by molar-refractivity contribution is 6.21. The summed E-state index contributed by atoms with van der Waals surface area (Å²) in [5.74, 6) is 0.219. The van der Waals surface area contributed by atoms with E-state index in [4.69, 9.17) is 9.73 Å². The number of carbonyl (C=O) groups is 2. The zero-order chi connectivity index (χ0) is 21.8. The van der Waals surface area contributed by atoms with Crippen LogP contribution in [0, 0.1) is 5.41 Å². The standard InChI is InChI=1S/C27H26N2O3/c30-23-17-22-27(15-16-28-24(27)26(23)13-7-2-8-14-26)20-11-5-6-12-21(20)29(22)25(31)32-18-19-9-3-1-4-10-19/h1-7,9-12,22H,8,13-18H2/t22-,26-,27-/m0/s1. The summed E-state index contributed by atoms with van der Waals surface area (Å²) >= 11 is 0. The summed E-state index contributed by atoms with van der Waals surface area (Å²) in [6.45, 7) is 0.910. The van der Waals surface area contributed by atoms with Crippen LogP contribution in [-0.4, -0.2) is 30.2 Å². The summed E-state index contributed by atoms with van der Waals surface area (Å²) in [7, 11) is 0. The number of aliphatic imine (C=N–C) groups is 1. The first-order valence-corrected chi connectivity index (χ1v) is 11.5. The van der Waals surface area contributed by atoms with Crippen molar-refractivity contribution in [1.29, 1.82) is 0 Å². The number of fused-ring (bicyclic) bond motifs is 2. The van der Waals surface area contributed by atoms with Crippen molar-refractivity contribution >= 4 is 23.3 Å². The van der Waals surface area contributed by atoms with Gasteiger partial charge in [0.25, 0.3) is 0 Å². The van der Waals surface area contributed by atoms with Crippen molar-refractivity contribution < 1.29 is 14.3 Å². The normalized spacial score (nSPS) is 30.0. The Kier molecular flexibility index (Phi) is 4.36. The summed E-state index contributed by atoms with van der Waals surface area (Å²) < 4.78 is 5.76. The lowest BCUT2D eigenvalue weighted by Gasteiger charge is -2.49. The Bertz CT molecular complexity index is 1150. The van der Waals surface area contributed by atoms with Crippen LogP contribution >= 0.6 is 0 Å². The van der Waals surface area contributed by atoms with Crippen LogP contribution in [-0.2, 0) is 21.6 Å². The van der Waals surface area contributed by atoms with Crippen molar-refractivity contribution in [3.05, 3.63) is 77.9 Å². The summed E-state index contributed by atoms with van der Waals surface area (Å²) in [6.07, 6.45) is 7.55. The third-order valence-electron chi connectivity index (χ3n) is 7.86. The molecule has 2 spiro atoms. The molecule has 2 aliphatic carbocycles. The van der Waals surface area contributed by atoms with Gasteiger partial charge in [-0.3, -0.25) is 14.7 Å². The van der Waals surface area contributed by atoms with Crippen LogP contribution in [0.1, 0.15) is 43.2 Å². The molecule has 1 fully saturated rings. The number of ether oxygens (including phenoxy) is 1. The number of rotatable bonds is 2. The molecule has 0 bridgehead atoms. The predicted molar refractivity (Wildman–Crippen MR) is 123 cm³/mol. The minimum atomic E-state index is -0.515. The minimum absolute atomic E-state index is 0.210. The van der Waals surface area contributed by atoms with Gasteiger partial charge >= 0.3 is 6.09 Å². The Labute approximate surface area is 187 Å². The molecule has 5 heteroatoms. The SMILES string of the molecule is O=C(OCc1ccccc1)N1c2ccccc2[C@]23CCN=C2[C@]2(CC=CCC2)C(=O)C[C@H]13. The van der Waals surface area contributed by atoms with E-state index in [0.717, 1.165) is 48.2 Å². The van der Waals surface area contributed by atoms with Crippen LogP contribution in [0.5, 0.6) is 0 Å². The Hall–Kier alpha value is -3.21. The molecule has 0 radical (unpaired) electrons. The summed E-state index contributed by atoms with van der Waals surface area (Å²) in [4.78, 5) is 33.8. The van der Waals surface area contributed by atoms with E-state index < -0.39 is 5.41 Å². The van der Waals surface area contributed by atoms with Crippen molar-refractivity contribution in [3.8, 4) is 0 Å². The zero-order valence-corrected chi connectivity index (χ0v) is 18.0. The molecule has 2 aromatic rings. The summed E-state index contributed by atoms with van der Waals surface area (Å²) in [5, 5.41) is 0. The smallest absolute Gasteiger partial charge is 0.414 e. The second kappa shape index (κ2) is 7.16. The van der Waals surface area contributed by atoms with Crippen molar-refractivity contribution in [2.24, 2.45) is 10.4 Å². The van der Waals surface area contributed by atoms with Crippen LogP contribution in [0.25, 0.3) is 0 Å². The zero-order valence-electron chi connectivity index (χ0n) is 18.0. The number of amides is 1. The molecule has 3 atom stereocenters. The molecule has 0 N–H and O–H groups in total. The van der Waals surface area contributed by atoms with E-state index in [-0.39, 0.29) is 29.9 Å². The van der Waals surface area contributed by atoms with Crippen LogP contribution in [0.4, 0.5) is 10.5 Å². The Morgan fingerprint density at radius 1 is 1.06 bits per heavy atom. The van der Waals surface area contributed by atoms with Crippen molar-refractivity contribution in [3.63, 3.8) is 0 Å². The fraction of sp³-hybridized carbons (Fsp3) is 0.370. The first-order valence-electron chi connectivity index (χ1n) is 11.5. The molecule has 162 valence electrons. The monoisotopic (exact) mass is 426 g/mol.